The Morgan fingerprint density at radius 2 is 1.66 bits per heavy atom. The van der Waals surface area contributed by atoms with E-state index in [0.717, 1.165) is 19.3 Å². The first-order valence-corrected chi connectivity index (χ1v) is 16.4. The number of carbonyl (C=O) groups excluding carboxylic acids is 2. The van der Waals surface area contributed by atoms with E-state index in [9.17, 15) is 9.59 Å². The number of carbonyl (C=O) groups is 2. The van der Waals surface area contributed by atoms with Gasteiger partial charge in [-0.1, -0.05) is 67.0 Å². The molecule has 4 fully saturated rings. The van der Waals surface area contributed by atoms with E-state index >= 15 is 0 Å². The predicted molar refractivity (Wildman–Crippen MR) is 165 cm³/mol. The molecule has 5 aliphatic carbocycles. The molecule has 1 unspecified atom stereocenters. The summed E-state index contributed by atoms with van der Waals surface area (Å²) < 4.78 is 0. The zero-order valence-corrected chi connectivity index (χ0v) is 26.8. The van der Waals surface area contributed by atoms with E-state index in [1.807, 2.05) is 18.2 Å². The van der Waals surface area contributed by atoms with Crippen molar-refractivity contribution >= 4 is 17.6 Å². The number of hydrogen-bond acceptors (Lipinski definition) is 3. The number of aromatic nitrogens is 1. The molecule has 0 aliphatic heterocycles. The van der Waals surface area contributed by atoms with Gasteiger partial charge in [0.2, 0.25) is 0 Å². The second-order valence-corrected chi connectivity index (χ2v) is 16.5. The number of nitrogens with zero attached hydrogens (tertiary/aromatic N) is 1. The van der Waals surface area contributed by atoms with Crippen LogP contribution in [0.3, 0.4) is 0 Å². The lowest BCUT2D eigenvalue weighted by Gasteiger charge is -2.72. The Kier molecular flexibility index (Phi) is 6.64. The van der Waals surface area contributed by atoms with Crippen LogP contribution in [0.15, 0.2) is 35.5 Å². The molecular weight excluding hydrogens is 506 g/mol. The number of allylic oxidation sites excluding steroid dienone is 2. The Labute approximate surface area is 248 Å². The molecule has 2 amide bonds. The SMILES string of the molecule is CC(C)C1=C2[C@H]3CC[C@@H]4[C@@]5(C)C(NC(=O)Nc6ccccn6)CCC(C)(C)[C@@H]5CC[C@@]4(C)[C@]3(C)CC[C@@]2(C)CC1=O. The highest BCUT2D eigenvalue weighted by Crippen LogP contribution is 2.76. The molecule has 1 heterocycles. The second-order valence-electron chi connectivity index (χ2n) is 16.5. The standard InChI is InChI=1S/C36H53N3O2/c1-22(2)29-24(40)21-33(5)18-19-34(6)23(30(29)33)12-13-26-35(34,7)17-14-25-32(3,4)16-15-27(36(25,26)8)38-31(41)39-28-11-9-10-20-37-28/h9-11,20,22-23,25-27H,12-19,21H2,1-8H3,(H2,37,38,39,41)/t23-,25+,26+,27?,33+,34-,35-,36+/m1/s1. The Bertz CT molecular complexity index is 1270. The van der Waals surface area contributed by atoms with E-state index in [1.165, 1.54) is 37.7 Å². The third-order valence-electron chi connectivity index (χ3n) is 13.9. The maximum absolute atomic E-state index is 13.4. The number of rotatable bonds is 3. The average molecular weight is 560 g/mol. The number of fused-ring (bicyclic) bond motifs is 7. The third-order valence-corrected chi connectivity index (χ3v) is 13.9. The summed E-state index contributed by atoms with van der Waals surface area (Å²) in [5.41, 5.74) is 3.35. The predicted octanol–water partition coefficient (Wildman–Crippen LogP) is 8.57. The van der Waals surface area contributed by atoms with E-state index in [0.29, 0.717) is 41.7 Å². The van der Waals surface area contributed by atoms with Gasteiger partial charge < -0.3 is 5.32 Å². The highest BCUT2D eigenvalue weighted by Gasteiger charge is 2.70. The fourth-order valence-electron chi connectivity index (χ4n) is 11.9. The van der Waals surface area contributed by atoms with Gasteiger partial charge in [-0.15, -0.1) is 0 Å². The summed E-state index contributed by atoms with van der Waals surface area (Å²) in [6.45, 7) is 19.6. The Hall–Kier alpha value is -2.17. The number of amides is 2. The van der Waals surface area contributed by atoms with Gasteiger partial charge in [-0.2, -0.15) is 0 Å². The summed E-state index contributed by atoms with van der Waals surface area (Å²) in [5.74, 6) is 2.89. The van der Waals surface area contributed by atoms with Crippen LogP contribution in [0.5, 0.6) is 0 Å². The zero-order chi connectivity index (χ0) is 29.6. The van der Waals surface area contributed by atoms with Crippen LogP contribution in [-0.2, 0) is 4.79 Å². The maximum atomic E-state index is 13.4. The molecule has 5 heteroatoms. The smallest absolute Gasteiger partial charge is 0.320 e. The van der Waals surface area contributed by atoms with E-state index in [2.05, 4.69) is 71.0 Å². The summed E-state index contributed by atoms with van der Waals surface area (Å²) in [6, 6.07) is 5.61. The van der Waals surface area contributed by atoms with Crippen molar-refractivity contribution in [2.45, 2.75) is 119 Å². The lowest BCUT2D eigenvalue weighted by molar-refractivity contribution is -0.219. The van der Waals surface area contributed by atoms with E-state index in [1.54, 1.807) is 11.8 Å². The fourth-order valence-corrected chi connectivity index (χ4v) is 11.9. The monoisotopic (exact) mass is 559 g/mol. The third kappa shape index (κ3) is 4.03. The van der Waals surface area contributed by atoms with Crippen molar-refractivity contribution in [3.05, 3.63) is 35.5 Å². The second kappa shape index (κ2) is 9.41. The number of anilines is 1. The normalized spacial score (nSPS) is 43.1. The topological polar surface area (TPSA) is 71.1 Å². The molecule has 4 saturated carbocycles. The first-order chi connectivity index (χ1) is 19.2. The molecule has 1 aromatic rings. The van der Waals surface area contributed by atoms with Crippen LogP contribution in [0.2, 0.25) is 0 Å². The number of hydrogen-bond donors (Lipinski definition) is 2. The zero-order valence-electron chi connectivity index (χ0n) is 26.8. The van der Waals surface area contributed by atoms with Gasteiger partial charge in [-0.25, -0.2) is 9.78 Å². The Balaban J connectivity index is 1.38. The highest BCUT2D eigenvalue weighted by atomic mass is 16.2. The van der Waals surface area contributed by atoms with Crippen LogP contribution in [0.1, 0.15) is 113 Å². The lowest BCUT2D eigenvalue weighted by atomic mass is 9.32. The number of urea groups is 1. The lowest BCUT2D eigenvalue weighted by Crippen LogP contribution is -2.69. The molecule has 8 atom stereocenters. The van der Waals surface area contributed by atoms with E-state index in [4.69, 9.17) is 0 Å². The molecule has 2 N–H and O–H groups in total. The van der Waals surface area contributed by atoms with Crippen molar-refractivity contribution in [2.75, 3.05) is 5.32 Å². The summed E-state index contributed by atoms with van der Waals surface area (Å²) in [5, 5.41) is 6.51. The minimum Gasteiger partial charge on any atom is -0.335 e. The van der Waals surface area contributed by atoms with Crippen molar-refractivity contribution in [1.29, 1.82) is 0 Å². The summed E-state index contributed by atoms with van der Waals surface area (Å²) in [7, 11) is 0. The molecule has 1 aromatic heterocycles. The minimum absolute atomic E-state index is 0.00565. The molecule has 5 aliphatic rings. The van der Waals surface area contributed by atoms with Crippen molar-refractivity contribution in [2.24, 2.45) is 50.7 Å². The van der Waals surface area contributed by atoms with Crippen LogP contribution in [0.4, 0.5) is 10.6 Å². The van der Waals surface area contributed by atoms with Gasteiger partial charge in [-0.05, 0) is 120 Å². The van der Waals surface area contributed by atoms with Gasteiger partial charge in [0.05, 0.1) is 0 Å². The van der Waals surface area contributed by atoms with E-state index < -0.39 is 0 Å². The first-order valence-electron chi connectivity index (χ1n) is 16.4. The first kappa shape index (κ1) is 28.9. The van der Waals surface area contributed by atoms with Crippen LogP contribution in [-0.4, -0.2) is 22.8 Å². The van der Waals surface area contributed by atoms with Crippen molar-refractivity contribution < 1.29 is 9.59 Å². The Morgan fingerprint density at radius 1 is 0.902 bits per heavy atom. The fraction of sp³-hybridized carbons (Fsp3) is 0.750. The maximum Gasteiger partial charge on any atom is 0.320 e. The molecule has 0 aromatic carbocycles. The summed E-state index contributed by atoms with van der Waals surface area (Å²) in [4.78, 5) is 31.1. The molecule has 0 spiro atoms. The molecule has 224 valence electrons. The van der Waals surface area contributed by atoms with Gasteiger partial charge in [0.1, 0.15) is 5.82 Å². The Morgan fingerprint density at radius 3 is 2.34 bits per heavy atom. The number of Topliss-reactive ketones (excluding diaryl/α,β-unsaturated/α-hetero) is 1. The minimum atomic E-state index is -0.134. The van der Waals surface area contributed by atoms with Gasteiger partial charge in [0, 0.05) is 18.7 Å². The molecule has 0 saturated heterocycles. The van der Waals surface area contributed by atoms with Gasteiger partial charge >= 0.3 is 6.03 Å². The number of nitrogens with one attached hydrogen (secondary N) is 2. The summed E-state index contributed by atoms with van der Waals surface area (Å²) in [6.07, 6.45) is 11.7. The molecule has 41 heavy (non-hydrogen) atoms. The van der Waals surface area contributed by atoms with Crippen molar-refractivity contribution in [3.63, 3.8) is 0 Å². The van der Waals surface area contributed by atoms with Gasteiger partial charge in [-0.3, -0.25) is 10.1 Å². The number of pyridine rings is 1. The van der Waals surface area contributed by atoms with Crippen molar-refractivity contribution in [1.82, 2.24) is 10.3 Å². The molecular formula is C36H53N3O2. The van der Waals surface area contributed by atoms with Crippen LogP contribution in [0.25, 0.3) is 0 Å². The molecule has 5 nitrogen and oxygen atoms in total. The number of ketones is 1. The largest absolute Gasteiger partial charge is 0.335 e. The van der Waals surface area contributed by atoms with E-state index in [-0.39, 0.29) is 39.1 Å². The summed E-state index contributed by atoms with van der Waals surface area (Å²) >= 11 is 0. The molecule has 6 rings (SSSR count). The quantitative estimate of drug-likeness (QED) is 0.390. The highest BCUT2D eigenvalue weighted by molar-refractivity contribution is 6.00. The van der Waals surface area contributed by atoms with Crippen LogP contribution >= 0.6 is 0 Å². The van der Waals surface area contributed by atoms with Gasteiger partial charge in [0.15, 0.2) is 5.78 Å². The average Bonchev–Trinajstić information content (AvgIpc) is 3.17. The molecule has 0 radical (unpaired) electrons. The van der Waals surface area contributed by atoms with Crippen LogP contribution in [0, 0.1) is 50.7 Å². The van der Waals surface area contributed by atoms with Crippen molar-refractivity contribution in [3.8, 4) is 0 Å². The van der Waals surface area contributed by atoms with Crippen LogP contribution < -0.4 is 10.6 Å². The van der Waals surface area contributed by atoms with Gasteiger partial charge in [0.25, 0.3) is 0 Å². The molecule has 0 bridgehead atoms.